The lowest BCUT2D eigenvalue weighted by Gasteiger charge is -2.13. The van der Waals surface area contributed by atoms with Gasteiger partial charge in [-0.1, -0.05) is 29.3 Å². The Balaban J connectivity index is 2.19. The van der Waals surface area contributed by atoms with Crippen LogP contribution in [-0.2, 0) is 0 Å². The number of imidazole rings is 1. The first-order valence-corrected chi connectivity index (χ1v) is 11.6. The van der Waals surface area contributed by atoms with Gasteiger partial charge < -0.3 is 10.1 Å². The molecule has 2 heterocycles. The van der Waals surface area contributed by atoms with Crippen LogP contribution >= 0.6 is 51.6 Å². The van der Waals surface area contributed by atoms with E-state index >= 15 is 0 Å². The molecule has 0 fully saturated rings. The smallest absolute Gasteiger partial charge is 0.295 e. The third-order valence-corrected chi connectivity index (χ3v) is 5.88. The summed E-state index contributed by atoms with van der Waals surface area (Å²) in [6.07, 6.45) is -2.71. The summed E-state index contributed by atoms with van der Waals surface area (Å²) in [6, 6.07) is 6.69. The average Bonchev–Trinajstić information content (AvgIpc) is 2.94. The van der Waals surface area contributed by atoms with Crippen molar-refractivity contribution >= 4 is 74.2 Å². The average molecular weight is 517 g/mol. The van der Waals surface area contributed by atoms with E-state index in [4.69, 9.17) is 27.9 Å². The van der Waals surface area contributed by atoms with E-state index in [9.17, 15) is 8.78 Å². The number of rotatable bonds is 5. The van der Waals surface area contributed by atoms with Gasteiger partial charge in [0.05, 0.1) is 29.9 Å². The van der Waals surface area contributed by atoms with Crippen LogP contribution in [0.15, 0.2) is 24.3 Å². The number of ether oxygens (including phenoxy) is 1. The summed E-state index contributed by atoms with van der Waals surface area (Å²) in [7, 11) is 1.49. The summed E-state index contributed by atoms with van der Waals surface area (Å²) in [5.41, 5.74) is 1.58. The molecule has 5 nitrogen and oxygen atoms in total. The van der Waals surface area contributed by atoms with Crippen molar-refractivity contribution in [1.82, 2.24) is 14.3 Å². The standard InChI is InChI=1S/C14H10Cl2F2IN4OP/c1-24-11-6(15)3-2-4-7(11)20-8-5-9(16)21-13-10(8)22-14(12(17)18)23(13)25-19/h2-5,12,25H,1H3,(H,20,21). The van der Waals surface area contributed by atoms with Crippen molar-refractivity contribution in [3.8, 4) is 5.75 Å². The Kier molecular flexibility index (Phi) is 5.82. The lowest BCUT2D eigenvalue weighted by atomic mass is 10.2. The normalized spacial score (nSPS) is 11.8. The van der Waals surface area contributed by atoms with Crippen LogP contribution in [0.5, 0.6) is 5.75 Å². The molecule has 3 aromatic rings. The van der Waals surface area contributed by atoms with Crippen LogP contribution in [0.4, 0.5) is 20.2 Å². The predicted molar refractivity (Wildman–Crippen MR) is 107 cm³/mol. The Morgan fingerprint density at radius 3 is 2.68 bits per heavy atom. The van der Waals surface area contributed by atoms with Gasteiger partial charge in [0.2, 0.25) is 0 Å². The summed E-state index contributed by atoms with van der Waals surface area (Å²) in [4.78, 5) is 8.21. The molecule has 3 rings (SSSR count). The topological polar surface area (TPSA) is 52.0 Å². The highest BCUT2D eigenvalue weighted by molar-refractivity contribution is 14.2. The zero-order valence-electron chi connectivity index (χ0n) is 12.5. The largest absolute Gasteiger partial charge is 0.493 e. The second kappa shape index (κ2) is 7.73. The van der Waals surface area contributed by atoms with Crippen molar-refractivity contribution in [1.29, 1.82) is 0 Å². The minimum atomic E-state index is -2.72. The predicted octanol–water partition coefficient (Wildman–Crippen LogP) is 6.22. The second-order valence-electron chi connectivity index (χ2n) is 4.80. The Bertz CT molecular complexity index is 941. The Hall–Kier alpha value is -0.960. The number of aromatic nitrogens is 3. The first kappa shape index (κ1) is 18.8. The van der Waals surface area contributed by atoms with Crippen LogP contribution in [0.1, 0.15) is 12.2 Å². The summed E-state index contributed by atoms with van der Waals surface area (Å²) in [6.45, 7) is 0. The van der Waals surface area contributed by atoms with E-state index < -0.39 is 6.43 Å². The molecule has 0 saturated heterocycles. The maximum Gasteiger partial charge on any atom is 0.295 e. The van der Waals surface area contributed by atoms with E-state index in [-0.39, 0.29) is 17.4 Å². The van der Waals surface area contributed by atoms with Crippen molar-refractivity contribution < 1.29 is 13.5 Å². The van der Waals surface area contributed by atoms with Crippen LogP contribution in [-0.4, -0.2) is 21.4 Å². The van der Waals surface area contributed by atoms with Crippen LogP contribution in [0.2, 0.25) is 10.2 Å². The first-order chi connectivity index (χ1) is 12.0. The molecule has 25 heavy (non-hydrogen) atoms. The molecule has 11 heteroatoms. The summed E-state index contributed by atoms with van der Waals surface area (Å²) in [5, 5.41) is 3.67. The lowest BCUT2D eigenvalue weighted by molar-refractivity contribution is 0.140. The SMILES string of the molecule is COc1c(Cl)cccc1Nc1cc(Cl)nc2c1nc(C(F)F)n2PI. The first-order valence-electron chi connectivity index (χ1n) is 6.79. The lowest BCUT2D eigenvalue weighted by Crippen LogP contribution is -1.97. The van der Waals surface area contributed by atoms with Gasteiger partial charge in [0, 0.05) is 6.07 Å². The van der Waals surface area contributed by atoms with Crippen molar-refractivity contribution in [3.05, 3.63) is 40.3 Å². The number of methoxy groups -OCH3 is 1. The molecule has 0 bridgehead atoms. The number of hydrogen-bond acceptors (Lipinski definition) is 4. The van der Waals surface area contributed by atoms with Crippen molar-refractivity contribution in [2.45, 2.75) is 6.43 Å². The molecule has 1 unspecified atom stereocenters. The number of benzene rings is 1. The van der Waals surface area contributed by atoms with Gasteiger partial charge in [-0.15, -0.1) is 0 Å². The van der Waals surface area contributed by atoms with Gasteiger partial charge in [0.1, 0.15) is 10.7 Å². The Morgan fingerprint density at radius 1 is 1.28 bits per heavy atom. The van der Waals surface area contributed by atoms with E-state index in [2.05, 4.69) is 15.3 Å². The van der Waals surface area contributed by atoms with Crippen LogP contribution < -0.4 is 10.1 Å². The molecule has 1 atom stereocenters. The molecule has 0 saturated carbocycles. The number of nitrogens with zero attached hydrogens (tertiary/aromatic N) is 3. The molecule has 0 aliphatic heterocycles. The molecule has 2 aromatic heterocycles. The maximum atomic E-state index is 13.3. The van der Waals surface area contributed by atoms with Crippen molar-refractivity contribution in [3.63, 3.8) is 0 Å². The van der Waals surface area contributed by atoms with Gasteiger partial charge >= 0.3 is 0 Å². The van der Waals surface area contributed by atoms with E-state index in [0.29, 0.717) is 33.3 Å². The summed E-state index contributed by atoms with van der Waals surface area (Å²) < 4.78 is 33.2. The molecule has 0 radical (unpaired) electrons. The number of halogens is 5. The fourth-order valence-corrected chi connectivity index (χ4v) is 4.66. The molecule has 0 amide bonds. The van der Waals surface area contributed by atoms with E-state index in [1.54, 1.807) is 18.2 Å². The van der Waals surface area contributed by atoms with Gasteiger partial charge in [-0.3, -0.25) is 4.34 Å². The summed E-state index contributed by atoms with van der Waals surface area (Å²) >= 11 is 14.2. The second-order valence-corrected chi connectivity index (χ2v) is 7.66. The van der Waals surface area contributed by atoms with Gasteiger partial charge in [0.15, 0.2) is 17.2 Å². The van der Waals surface area contributed by atoms with Crippen LogP contribution in [0.3, 0.4) is 0 Å². The molecular formula is C14H10Cl2F2IN4OP. The van der Waals surface area contributed by atoms with Gasteiger partial charge in [-0.05, 0) is 34.2 Å². The molecule has 0 aliphatic carbocycles. The molecule has 1 N–H and O–H groups in total. The number of alkyl halides is 2. The van der Waals surface area contributed by atoms with Gasteiger partial charge in [-0.2, -0.15) is 0 Å². The Morgan fingerprint density at radius 2 is 2.04 bits per heavy atom. The van der Waals surface area contributed by atoms with E-state index in [1.807, 2.05) is 22.0 Å². The highest BCUT2D eigenvalue weighted by atomic mass is 127. The minimum Gasteiger partial charge on any atom is -0.493 e. The minimum absolute atomic E-state index is 0.00572. The fourth-order valence-electron chi connectivity index (χ4n) is 2.32. The molecule has 0 aliphatic rings. The Labute approximate surface area is 166 Å². The number of anilines is 2. The monoisotopic (exact) mass is 516 g/mol. The molecule has 132 valence electrons. The van der Waals surface area contributed by atoms with E-state index in [0.717, 1.165) is 0 Å². The zero-order chi connectivity index (χ0) is 18.1. The number of hydrogen-bond donors (Lipinski definition) is 1. The molecule has 1 aromatic carbocycles. The van der Waals surface area contributed by atoms with Crippen molar-refractivity contribution in [2.24, 2.45) is 0 Å². The van der Waals surface area contributed by atoms with Crippen LogP contribution in [0, 0.1) is 0 Å². The van der Waals surface area contributed by atoms with E-state index in [1.165, 1.54) is 17.5 Å². The molecule has 0 spiro atoms. The number of fused-ring (bicyclic) bond motifs is 1. The number of pyridine rings is 1. The van der Waals surface area contributed by atoms with Crippen molar-refractivity contribution in [2.75, 3.05) is 12.4 Å². The maximum absolute atomic E-state index is 13.3. The highest BCUT2D eigenvalue weighted by Gasteiger charge is 2.22. The fraction of sp³-hybridized carbons (Fsp3) is 0.143. The third-order valence-electron chi connectivity index (χ3n) is 3.33. The number of para-hydroxylation sites is 1. The third kappa shape index (κ3) is 3.63. The zero-order valence-corrected chi connectivity index (χ0v) is 17.2. The molecular weight excluding hydrogens is 507 g/mol. The summed E-state index contributed by atoms with van der Waals surface area (Å²) in [5.74, 6) is 0.0770. The highest BCUT2D eigenvalue weighted by Crippen LogP contribution is 2.40. The van der Waals surface area contributed by atoms with Gasteiger partial charge in [-0.25, -0.2) is 18.7 Å². The van der Waals surface area contributed by atoms with Crippen LogP contribution in [0.25, 0.3) is 11.2 Å². The quantitative estimate of drug-likeness (QED) is 0.248. The number of nitrogens with one attached hydrogen (secondary N) is 1. The van der Waals surface area contributed by atoms with Gasteiger partial charge in [0.25, 0.3) is 6.43 Å².